The minimum atomic E-state index is 0.0693. The molecule has 0 aliphatic rings. The Morgan fingerprint density at radius 1 is 1.24 bits per heavy atom. The van der Waals surface area contributed by atoms with Crippen LogP contribution in [0, 0.1) is 0 Å². The van der Waals surface area contributed by atoms with E-state index in [9.17, 15) is 5.11 Å². The van der Waals surface area contributed by atoms with Gasteiger partial charge in [0.25, 0.3) is 0 Å². The number of rotatable bonds is 5. The van der Waals surface area contributed by atoms with Crippen LogP contribution in [0.25, 0.3) is 11.4 Å². The Balaban J connectivity index is 2.55. The van der Waals surface area contributed by atoms with E-state index in [4.69, 9.17) is 4.74 Å². The van der Waals surface area contributed by atoms with Crippen molar-refractivity contribution in [1.29, 1.82) is 0 Å². The molecule has 0 radical (unpaired) electrons. The standard InChI is InChI=1S/C15H18BrN3O2/c1-4-10-8-13(17-5-2)19-15(18-10)9-6-11(16)14(20)12(7-9)21-3/h6-8,20H,4-5H2,1-3H3,(H,17,18,19). The Hall–Kier alpha value is -1.82. The summed E-state index contributed by atoms with van der Waals surface area (Å²) in [7, 11) is 1.51. The first-order valence-corrected chi connectivity index (χ1v) is 7.57. The molecule has 2 N–H and O–H groups in total. The van der Waals surface area contributed by atoms with Gasteiger partial charge in [0.15, 0.2) is 17.3 Å². The van der Waals surface area contributed by atoms with Gasteiger partial charge in [-0.15, -0.1) is 0 Å². The lowest BCUT2D eigenvalue weighted by Crippen LogP contribution is -2.04. The van der Waals surface area contributed by atoms with Crippen molar-refractivity contribution in [2.24, 2.45) is 0 Å². The lowest BCUT2D eigenvalue weighted by atomic mass is 10.1. The first-order chi connectivity index (χ1) is 10.1. The average Bonchev–Trinajstić information content (AvgIpc) is 2.49. The fraction of sp³-hybridized carbons (Fsp3) is 0.333. The number of nitrogens with zero attached hydrogens (tertiary/aromatic N) is 2. The number of ether oxygens (including phenoxy) is 1. The Morgan fingerprint density at radius 2 is 2.00 bits per heavy atom. The zero-order valence-electron chi connectivity index (χ0n) is 12.3. The lowest BCUT2D eigenvalue weighted by molar-refractivity contribution is 0.372. The minimum absolute atomic E-state index is 0.0693. The van der Waals surface area contributed by atoms with Crippen LogP contribution in [0.1, 0.15) is 19.5 Å². The molecule has 0 fully saturated rings. The van der Waals surface area contributed by atoms with Crippen LogP contribution in [-0.4, -0.2) is 28.7 Å². The smallest absolute Gasteiger partial charge is 0.172 e. The minimum Gasteiger partial charge on any atom is -0.503 e. The van der Waals surface area contributed by atoms with Crippen molar-refractivity contribution >= 4 is 21.7 Å². The number of benzene rings is 1. The fourth-order valence-electron chi connectivity index (χ4n) is 1.94. The van der Waals surface area contributed by atoms with Gasteiger partial charge in [-0.05, 0) is 41.4 Å². The molecule has 0 spiro atoms. The molecule has 6 heteroatoms. The van der Waals surface area contributed by atoms with Crippen molar-refractivity contribution < 1.29 is 9.84 Å². The van der Waals surface area contributed by atoms with Gasteiger partial charge in [-0.3, -0.25) is 0 Å². The Bertz CT molecular complexity index is 647. The maximum absolute atomic E-state index is 9.88. The molecule has 112 valence electrons. The van der Waals surface area contributed by atoms with Crippen molar-refractivity contribution in [2.75, 3.05) is 19.0 Å². The normalized spacial score (nSPS) is 10.5. The molecule has 0 atom stereocenters. The molecule has 0 amide bonds. The summed E-state index contributed by atoms with van der Waals surface area (Å²) in [6.07, 6.45) is 0.824. The molecule has 21 heavy (non-hydrogen) atoms. The third-order valence-corrected chi connectivity index (χ3v) is 3.61. The van der Waals surface area contributed by atoms with Gasteiger partial charge in [0, 0.05) is 23.9 Å². The second-order valence-corrected chi connectivity index (χ2v) is 5.32. The summed E-state index contributed by atoms with van der Waals surface area (Å²) in [5.41, 5.74) is 1.74. The van der Waals surface area contributed by atoms with E-state index >= 15 is 0 Å². The number of halogens is 1. The van der Waals surface area contributed by atoms with Crippen LogP contribution in [0.15, 0.2) is 22.7 Å². The number of aromatic nitrogens is 2. The number of nitrogens with one attached hydrogen (secondary N) is 1. The average molecular weight is 352 g/mol. The number of hydrogen-bond donors (Lipinski definition) is 2. The van der Waals surface area contributed by atoms with Crippen LogP contribution >= 0.6 is 15.9 Å². The Labute approximate surface area is 132 Å². The number of anilines is 1. The van der Waals surface area contributed by atoms with Crippen molar-refractivity contribution in [3.8, 4) is 22.9 Å². The fourth-order valence-corrected chi connectivity index (χ4v) is 2.38. The van der Waals surface area contributed by atoms with E-state index in [-0.39, 0.29) is 5.75 Å². The van der Waals surface area contributed by atoms with E-state index in [1.54, 1.807) is 12.1 Å². The van der Waals surface area contributed by atoms with Gasteiger partial charge in [-0.25, -0.2) is 9.97 Å². The molecule has 5 nitrogen and oxygen atoms in total. The van der Waals surface area contributed by atoms with Crippen LogP contribution in [0.3, 0.4) is 0 Å². The summed E-state index contributed by atoms with van der Waals surface area (Å²) in [6.45, 7) is 4.87. The van der Waals surface area contributed by atoms with E-state index in [1.165, 1.54) is 7.11 Å². The summed E-state index contributed by atoms with van der Waals surface area (Å²) >= 11 is 3.32. The highest BCUT2D eigenvalue weighted by Crippen LogP contribution is 2.37. The monoisotopic (exact) mass is 351 g/mol. The predicted molar refractivity (Wildman–Crippen MR) is 86.9 cm³/mol. The molecule has 1 aromatic heterocycles. The van der Waals surface area contributed by atoms with Gasteiger partial charge < -0.3 is 15.2 Å². The Morgan fingerprint density at radius 3 is 2.62 bits per heavy atom. The molecule has 0 aliphatic heterocycles. The molecular weight excluding hydrogens is 334 g/mol. The van der Waals surface area contributed by atoms with Gasteiger partial charge in [0.2, 0.25) is 0 Å². The molecule has 0 saturated heterocycles. The molecule has 2 aromatic rings. The Kier molecular flexibility index (Phi) is 5.01. The van der Waals surface area contributed by atoms with E-state index in [1.807, 2.05) is 13.0 Å². The highest BCUT2D eigenvalue weighted by molar-refractivity contribution is 9.10. The third-order valence-electron chi connectivity index (χ3n) is 3.01. The van der Waals surface area contributed by atoms with Gasteiger partial charge in [-0.1, -0.05) is 6.92 Å². The lowest BCUT2D eigenvalue weighted by Gasteiger charge is -2.11. The van der Waals surface area contributed by atoms with E-state index in [0.717, 1.165) is 30.0 Å². The predicted octanol–water partition coefficient (Wildman–Crippen LogP) is 3.61. The van der Waals surface area contributed by atoms with Crippen molar-refractivity contribution in [1.82, 2.24) is 9.97 Å². The van der Waals surface area contributed by atoms with E-state index in [2.05, 4.69) is 38.1 Å². The zero-order chi connectivity index (χ0) is 15.4. The van der Waals surface area contributed by atoms with Crippen LogP contribution in [-0.2, 0) is 6.42 Å². The van der Waals surface area contributed by atoms with E-state index in [0.29, 0.717) is 16.0 Å². The number of phenolic OH excluding ortho intramolecular Hbond substituents is 1. The topological polar surface area (TPSA) is 67.3 Å². The number of methoxy groups -OCH3 is 1. The summed E-state index contributed by atoms with van der Waals surface area (Å²) in [4.78, 5) is 9.05. The maximum atomic E-state index is 9.88. The molecule has 0 aliphatic carbocycles. The first-order valence-electron chi connectivity index (χ1n) is 6.77. The molecule has 1 heterocycles. The number of hydrogen-bond acceptors (Lipinski definition) is 5. The number of aryl methyl sites for hydroxylation is 1. The van der Waals surface area contributed by atoms with E-state index < -0.39 is 0 Å². The zero-order valence-corrected chi connectivity index (χ0v) is 13.9. The molecule has 0 saturated carbocycles. The second-order valence-electron chi connectivity index (χ2n) is 4.46. The van der Waals surface area contributed by atoms with Crippen LogP contribution < -0.4 is 10.1 Å². The van der Waals surface area contributed by atoms with Crippen LogP contribution in [0.5, 0.6) is 11.5 Å². The second kappa shape index (κ2) is 6.76. The van der Waals surface area contributed by atoms with Gasteiger partial charge in [0.1, 0.15) is 5.82 Å². The van der Waals surface area contributed by atoms with Crippen LogP contribution in [0.4, 0.5) is 5.82 Å². The summed E-state index contributed by atoms with van der Waals surface area (Å²) in [5, 5.41) is 13.1. The first kappa shape index (κ1) is 15.6. The van der Waals surface area contributed by atoms with Gasteiger partial charge in [-0.2, -0.15) is 0 Å². The number of phenols is 1. The molecule has 0 bridgehead atoms. The summed E-state index contributed by atoms with van der Waals surface area (Å²) in [6, 6.07) is 5.45. The SMILES string of the molecule is CCNc1cc(CC)nc(-c2cc(Br)c(O)c(OC)c2)n1. The molecule has 0 unspecified atom stereocenters. The quantitative estimate of drug-likeness (QED) is 0.860. The molecule has 1 aromatic carbocycles. The van der Waals surface area contributed by atoms with Gasteiger partial charge >= 0.3 is 0 Å². The molecular formula is C15H18BrN3O2. The summed E-state index contributed by atoms with van der Waals surface area (Å²) in [5.74, 6) is 1.85. The molecule has 2 rings (SSSR count). The van der Waals surface area contributed by atoms with Crippen molar-refractivity contribution in [3.05, 3.63) is 28.4 Å². The summed E-state index contributed by atoms with van der Waals surface area (Å²) < 4.78 is 5.72. The largest absolute Gasteiger partial charge is 0.503 e. The number of aromatic hydroxyl groups is 1. The third kappa shape index (κ3) is 3.44. The van der Waals surface area contributed by atoms with Gasteiger partial charge in [0.05, 0.1) is 11.6 Å². The highest BCUT2D eigenvalue weighted by atomic mass is 79.9. The van der Waals surface area contributed by atoms with Crippen molar-refractivity contribution in [2.45, 2.75) is 20.3 Å². The van der Waals surface area contributed by atoms with Crippen molar-refractivity contribution in [3.63, 3.8) is 0 Å². The maximum Gasteiger partial charge on any atom is 0.172 e. The van der Waals surface area contributed by atoms with Crippen LogP contribution in [0.2, 0.25) is 0 Å². The highest BCUT2D eigenvalue weighted by Gasteiger charge is 2.13.